The van der Waals surface area contributed by atoms with E-state index in [2.05, 4.69) is 6.07 Å². The summed E-state index contributed by atoms with van der Waals surface area (Å²) in [4.78, 5) is 27.6. The van der Waals surface area contributed by atoms with E-state index in [1.54, 1.807) is 29.2 Å². The second-order valence-corrected chi connectivity index (χ2v) is 5.46. The Balaban J connectivity index is 2.78. The summed E-state index contributed by atoms with van der Waals surface area (Å²) in [5.74, 6) is -0.0678. The maximum absolute atomic E-state index is 12.3. The van der Waals surface area contributed by atoms with Gasteiger partial charge in [-0.05, 0) is 31.0 Å². The number of hydrogen-bond donors (Lipinski definition) is 0. The van der Waals surface area contributed by atoms with E-state index in [1.807, 2.05) is 18.7 Å². The SMILES string of the molecule is CCCN(CCC)C(=O)CCN(C(C)=O)c1cccc(C#N)c1. The topological polar surface area (TPSA) is 64.4 Å². The van der Waals surface area contributed by atoms with Gasteiger partial charge in [0.05, 0.1) is 11.6 Å². The lowest BCUT2D eigenvalue weighted by atomic mass is 10.2. The molecule has 0 aliphatic carbocycles. The number of carbonyl (C=O) groups is 2. The molecule has 0 aromatic heterocycles. The fourth-order valence-corrected chi connectivity index (χ4v) is 2.48. The lowest BCUT2D eigenvalue weighted by Gasteiger charge is -2.25. The molecule has 5 nitrogen and oxygen atoms in total. The van der Waals surface area contributed by atoms with Crippen LogP contribution >= 0.6 is 0 Å². The van der Waals surface area contributed by atoms with Gasteiger partial charge in [0, 0.05) is 38.7 Å². The van der Waals surface area contributed by atoms with Crippen molar-refractivity contribution in [2.75, 3.05) is 24.5 Å². The first-order chi connectivity index (χ1) is 11.0. The molecule has 0 aliphatic heterocycles. The zero-order chi connectivity index (χ0) is 17.2. The van der Waals surface area contributed by atoms with Gasteiger partial charge in [0.15, 0.2) is 0 Å². The number of amides is 2. The molecule has 1 rings (SSSR count). The Morgan fingerprint density at radius 2 is 1.78 bits per heavy atom. The van der Waals surface area contributed by atoms with Crippen LogP contribution in [0.3, 0.4) is 0 Å². The first-order valence-corrected chi connectivity index (χ1v) is 8.09. The molecule has 5 heteroatoms. The first-order valence-electron chi connectivity index (χ1n) is 8.09. The van der Waals surface area contributed by atoms with Crippen molar-refractivity contribution < 1.29 is 9.59 Å². The van der Waals surface area contributed by atoms with Crippen LogP contribution < -0.4 is 4.90 Å². The van der Waals surface area contributed by atoms with Gasteiger partial charge in [-0.15, -0.1) is 0 Å². The fraction of sp³-hybridized carbons (Fsp3) is 0.500. The molecule has 1 aromatic rings. The molecule has 124 valence electrons. The second kappa shape index (κ2) is 9.62. The van der Waals surface area contributed by atoms with Gasteiger partial charge in [0.25, 0.3) is 0 Å². The van der Waals surface area contributed by atoms with Crippen LogP contribution in [0.1, 0.15) is 45.6 Å². The summed E-state index contributed by atoms with van der Waals surface area (Å²) in [6, 6.07) is 8.95. The van der Waals surface area contributed by atoms with Gasteiger partial charge in [0.1, 0.15) is 0 Å². The van der Waals surface area contributed by atoms with Crippen molar-refractivity contribution >= 4 is 17.5 Å². The highest BCUT2D eigenvalue weighted by molar-refractivity contribution is 5.92. The molecular formula is C18H25N3O2. The van der Waals surface area contributed by atoms with E-state index < -0.39 is 0 Å². The Hall–Kier alpha value is -2.35. The largest absolute Gasteiger partial charge is 0.343 e. The molecule has 23 heavy (non-hydrogen) atoms. The lowest BCUT2D eigenvalue weighted by Crippen LogP contribution is -2.37. The fourth-order valence-electron chi connectivity index (χ4n) is 2.48. The van der Waals surface area contributed by atoms with Crippen LogP contribution in [0.15, 0.2) is 24.3 Å². The average molecular weight is 315 g/mol. The summed E-state index contributed by atoms with van der Waals surface area (Å²) in [5.41, 5.74) is 1.15. The minimum Gasteiger partial charge on any atom is -0.343 e. The summed E-state index contributed by atoms with van der Waals surface area (Å²) in [6.45, 7) is 7.39. The van der Waals surface area contributed by atoms with Crippen LogP contribution in [-0.2, 0) is 9.59 Å². The Morgan fingerprint density at radius 1 is 1.13 bits per heavy atom. The van der Waals surface area contributed by atoms with Gasteiger partial charge in [-0.1, -0.05) is 19.9 Å². The standard InChI is InChI=1S/C18H25N3O2/c1-4-10-20(11-5-2)18(23)9-12-21(15(3)22)17-8-6-7-16(13-17)14-19/h6-8,13H,4-5,9-12H2,1-3H3. The third-order valence-electron chi connectivity index (χ3n) is 3.56. The van der Waals surface area contributed by atoms with Gasteiger partial charge in [-0.3, -0.25) is 9.59 Å². The van der Waals surface area contributed by atoms with Crippen molar-refractivity contribution in [3.63, 3.8) is 0 Å². The minimum absolute atomic E-state index is 0.0661. The monoisotopic (exact) mass is 315 g/mol. The molecular weight excluding hydrogens is 290 g/mol. The third-order valence-corrected chi connectivity index (χ3v) is 3.56. The Labute approximate surface area is 138 Å². The highest BCUT2D eigenvalue weighted by atomic mass is 16.2. The molecule has 0 bridgehead atoms. The zero-order valence-electron chi connectivity index (χ0n) is 14.2. The molecule has 0 atom stereocenters. The van der Waals surface area contributed by atoms with E-state index in [1.165, 1.54) is 6.92 Å². The smallest absolute Gasteiger partial charge is 0.224 e. The summed E-state index contributed by atoms with van der Waals surface area (Å²) in [6.07, 6.45) is 2.13. The number of anilines is 1. The molecule has 0 N–H and O–H groups in total. The summed E-state index contributed by atoms with van der Waals surface area (Å²) in [5, 5.41) is 8.98. The maximum Gasteiger partial charge on any atom is 0.224 e. The normalized spacial score (nSPS) is 10.0. The molecule has 0 saturated heterocycles. The number of benzene rings is 1. The van der Waals surface area contributed by atoms with E-state index in [4.69, 9.17) is 5.26 Å². The predicted molar refractivity (Wildman–Crippen MR) is 91.0 cm³/mol. The minimum atomic E-state index is -0.134. The van der Waals surface area contributed by atoms with E-state index in [9.17, 15) is 9.59 Å². The van der Waals surface area contributed by atoms with Crippen molar-refractivity contribution in [2.24, 2.45) is 0 Å². The Kier molecular flexibility index (Phi) is 7.82. The number of carbonyl (C=O) groups excluding carboxylic acids is 2. The molecule has 0 spiro atoms. The molecule has 2 amide bonds. The van der Waals surface area contributed by atoms with Crippen LogP contribution in [-0.4, -0.2) is 36.3 Å². The predicted octanol–water partition coefficient (Wildman–Crippen LogP) is 2.95. The zero-order valence-corrected chi connectivity index (χ0v) is 14.2. The van der Waals surface area contributed by atoms with Crippen molar-refractivity contribution in [3.05, 3.63) is 29.8 Å². The van der Waals surface area contributed by atoms with E-state index >= 15 is 0 Å². The maximum atomic E-state index is 12.3. The molecule has 1 aromatic carbocycles. The lowest BCUT2D eigenvalue weighted by molar-refractivity contribution is -0.131. The van der Waals surface area contributed by atoms with Crippen molar-refractivity contribution in [1.29, 1.82) is 5.26 Å². The Morgan fingerprint density at radius 3 is 2.30 bits per heavy atom. The van der Waals surface area contributed by atoms with Gasteiger partial charge in [-0.2, -0.15) is 5.26 Å². The van der Waals surface area contributed by atoms with Crippen molar-refractivity contribution in [1.82, 2.24) is 4.90 Å². The van der Waals surface area contributed by atoms with Crippen LogP contribution in [0.25, 0.3) is 0 Å². The number of nitriles is 1. The number of nitrogens with zero attached hydrogens (tertiary/aromatic N) is 3. The Bertz CT molecular complexity index is 572. The third kappa shape index (κ3) is 5.74. The number of hydrogen-bond acceptors (Lipinski definition) is 3. The first kappa shape index (κ1) is 18.7. The van der Waals surface area contributed by atoms with Crippen molar-refractivity contribution in [2.45, 2.75) is 40.0 Å². The summed E-state index contributed by atoms with van der Waals surface area (Å²) >= 11 is 0. The van der Waals surface area contributed by atoms with E-state index in [0.29, 0.717) is 17.8 Å². The van der Waals surface area contributed by atoms with Crippen LogP contribution in [0.5, 0.6) is 0 Å². The molecule has 0 saturated carbocycles. The molecule has 0 unspecified atom stereocenters. The van der Waals surface area contributed by atoms with Gasteiger partial charge < -0.3 is 9.80 Å². The quantitative estimate of drug-likeness (QED) is 0.741. The van der Waals surface area contributed by atoms with Gasteiger partial charge in [0.2, 0.25) is 11.8 Å². The second-order valence-electron chi connectivity index (χ2n) is 5.46. The van der Waals surface area contributed by atoms with Crippen LogP contribution in [0.2, 0.25) is 0 Å². The average Bonchev–Trinajstić information content (AvgIpc) is 2.54. The highest BCUT2D eigenvalue weighted by Crippen LogP contribution is 2.17. The van der Waals surface area contributed by atoms with Crippen LogP contribution in [0, 0.1) is 11.3 Å². The van der Waals surface area contributed by atoms with Crippen molar-refractivity contribution in [3.8, 4) is 6.07 Å². The molecule has 0 heterocycles. The van der Waals surface area contributed by atoms with E-state index in [-0.39, 0.29) is 18.2 Å². The molecule has 0 aliphatic rings. The molecule has 0 fully saturated rings. The van der Waals surface area contributed by atoms with Gasteiger partial charge in [-0.25, -0.2) is 0 Å². The van der Waals surface area contributed by atoms with Gasteiger partial charge >= 0.3 is 0 Å². The summed E-state index contributed by atoms with van der Waals surface area (Å²) in [7, 11) is 0. The highest BCUT2D eigenvalue weighted by Gasteiger charge is 2.17. The summed E-state index contributed by atoms with van der Waals surface area (Å²) < 4.78 is 0. The molecule has 0 radical (unpaired) electrons. The van der Waals surface area contributed by atoms with Crippen LogP contribution in [0.4, 0.5) is 5.69 Å². The van der Waals surface area contributed by atoms with E-state index in [0.717, 1.165) is 25.9 Å². The number of rotatable bonds is 8.